The lowest BCUT2D eigenvalue weighted by molar-refractivity contribution is -0.0396. The second-order valence-electron chi connectivity index (χ2n) is 3.37. The molecule has 0 spiro atoms. The van der Waals surface area contributed by atoms with Gasteiger partial charge in [-0.3, -0.25) is 0 Å². The standard InChI is InChI=1S/C8H16O2/c1-7(10)8(5-6-9)3-2-4-8/h7,9-10H,2-6H2,1H3. The van der Waals surface area contributed by atoms with Crippen molar-refractivity contribution in [1.82, 2.24) is 0 Å². The highest BCUT2D eigenvalue weighted by molar-refractivity contribution is 4.91. The van der Waals surface area contributed by atoms with Gasteiger partial charge in [-0.25, -0.2) is 0 Å². The summed E-state index contributed by atoms with van der Waals surface area (Å²) in [5.41, 5.74) is 0.0781. The van der Waals surface area contributed by atoms with Crippen molar-refractivity contribution in [2.45, 2.75) is 38.7 Å². The first kappa shape index (κ1) is 8.02. The van der Waals surface area contributed by atoms with Crippen molar-refractivity contribution >= 4 is 0 Å². The topological polar surface area (TPSA) is 40.5 Å². The molecule has 2 heteroatoms. The first-order valence-corrected chi connectivity index (χ1v) is 4.00. The Kier molecular flexibility index (Phi) is 2.32. The van der Waals surface area contributed by atoms with E-state index in [0.717, 1.165) is 19.3 Å². The van der Waals surface area contributed by atoms with Gasteiger partial charge in [0.05, 0.1) is 6.10 Å². The maximum absolute atomic E-state index is 9.34. The van der Waals surface area contributed by atoms with Crippen LogP contribution in [0.2, 0.25) is 0 Å². The second kappa shape index (κ2) is 2.89. The van der Waals surface area contributed by atoms with Crippen LogP contribution in [0.4, 0.5) is 0 Å². The normalized spacial score (nSPS) is 25.5. The molecule has 1 unspecified atom stereocenters. The smallest absolute Gasteiger partial charge is 0.0569 e. The van der Waals surface area contributed by atoms with Crippen molar-refractivity contribution in [1.29, 1.82) is 0 Å². The molecular weight excluding hydrogens is 128 g/mol. The zero-order valence-corrected chi connectivity index (χ0v) is 6.51. The van der Waals surface area contributed by atoms with E-state index >= 15 is 0 Å². The summed E-state index contributed by atoms with van der Waals surface area (Å²) in [6.07, 6.45) is 3.92. The molecule has 0 saturated heterocycles. The van der Waals surface area contributed by atoms with Gasteiger partial charge in [0.2, 0.25) is 0 Å². The van der Waals surface area contributed by atoms with E-state index in [1.54, 1.807) is 0 Å². The van der Waals surface area contributed by atoms with Gasteiger partial charge in [0.15, 0.2) is 0 Å². The van der Waals surface area contributed by atoms with Crippen molar-refractivity contribution in [2.24, 2.45) is 5.41 Å². The molecule has 2 nitrogen and oxygen atoms in total. The average molecular weight is 144 g/mol. The van der Waals surface area contributed by atoms with Gasteiger partial charge in [-0.2, -0.15) is 0 Å². The molecule has 1 rings (SSSR count). The van der Waals surface area contributed by atoms with Crippen molar-refractivity contribution in [3.05, 3.63) is 0 Å². The van der Waals surface area contributed by atoms with Crippen LogP contribution >= 0.6 is 0 Å². The van der Waals surface area contributed by atoms with E-state index in [4.69, 9.17) is 5.11 Å². The maximum atomic E-state index is 9.34. The number of hydrogen-bond donors (Lipinski definition) is 2. The van der Waals surface area contributed by atoms with Gasteiger partial charge in [0, 0.05) is 6.61 Å². The first-order valence-electron chi connectivity index (χ1n) is 4.00. The molecule has 0 bridgehead atoms. The quantitative estimate of drug-likeness (QED) is 0.618. The summed E-state index contributed by atoms with van der Waals surface area (Å²) in [4.78, 5) is 0. The van der Waals surface area contributed by atoms with Gasteiger partial charge >= 0.3 is 0 Å². The maximum Gasteiger partial charge on any atom is 0.0569 e. The fourth-order valence-corrected chi connectivity index (χ4v) is 1.73. The summed E-state index contributed by atoms with van der Waals surface area (Å²) < 4.78 is 0. The highest BCUT2D eigenvalue weighted by atomic mass is 16.3. The minimum atomic E-state index is -0.242. The minimum Gasteiger partial charge on any atom is -0.396 e. The third-order valence-corrected chi connectivity index (χ3v) is 2.85. The second-order valence-corrected chi connectivity index (χ2v) is 3.37. The van der Waals surface area contributed by atoms with Crippen molar-refractivity contribution in [2.75, 3.05) is 6.61 Å². The Bertz CT molecular complexity index is 106. The molecule has 1 saturated carbocycles. The summed E-state index contributed by atoms with van der Waals surface area (Å²) in [7, 11) is 0. The van der Waals surface area contributed by atoms with Gasteiger partial charge < -0.3 is 10.2 Å². The zero-order chi connectivity index (χ0) is 7.61. The minimum absolute atomic E-state index is 0.0781. The van der Waals surface area contributed by atoms with Crippen LogP contribution in [0.15, 0.2) is 0 Å². The summed E-state index contributed by atoms with van der Waals surface area (Å²) in [5, 5.41) is 18.0. The SMILES string of the molecule is CC(O)C1(CCO)CCC1. The van der Waals surface area contributed by atoms with E-state index in [9.17, 15) is 5.11 Å². The molecule has 0 aromatic carbocycles. The van der Waals surface area contributed by atoms with Crippen LogP contribution in [-0.4, -0.2) is 22.9 Å². The fourth-order valence-electron chi connectivity index (χ4n) is 1.73. The van der Waals surface area contributed by atoms with E-state index in [1.807, 2.05) is 6.92 Å². The Morgan fingerprint density at radius 1 is 1.50 bits per heavy atom. The van der Waals surface area contributed by atoms with Crippen LogP contribution in [0.25, 0.3) is 0 Å². The lowest BCUT2D eigenvalue weighted by Gasteiger charge is -2.44. The Morgan fingerprint density at radius 3 is 2.20 bits per heavy atom. The predicted molar refractivity (Wildman–Crippen MR) is 39.7 cm³/mol. The van der Waals surface area contributed by atoms with Crippen LogP contribution in [0.1, 0.15) is 32.6 Å². The summed E-state index contributed by atoms with van der Waals surface area (Å²) in [5.74, 6) is 0. The highest BCUT2D eigenvalue weighted by Crippen LogP contribution is 2.46. The Labute approximate surface area is 61.9 Å². The van der Waals surface area contributed by atoms with E-state index < -0.39 is 0 Å². The molecule has 1 aliphatic rings. The van der Waals surface area contributed by atoms with Gasteiger partial charge in [-0.05, 0) is 31.6 Å². The number of rotatable bonds is 3. The Hall–Kier alpha value is -0.0800. The molecule has 0 heterocycles. The molecular formula is C8H16O2. The highest BCUT2D eigenvalue weighted by Gasteiger charge is 2.40. The van der Waals surface area contributed by atoms with Crippen LogP contribution < -0.4 is 0 Å². The van der Waals surface area contributed by atoms with Crippen molar-refractivity contribution in [3.8, 4) is 0 Å². The molecule has 0 aromatic heterocycles. The van der Waals surface area contributed by atoms with E-state index in [2.05, 4.69) is 0 Å². The molecule has 0 amide bonds. The summed E-state index contributed by atoms with van der Waals surface area (Å²) >= 11 is 0. The third-order valence-electron chi connectivity index (χ3n) is 2.85. The lowest BCUT2D eigenvalue weighted by Crippen LogP contribution is -2.40. The molecule has 0 aliphatic heterocycles. The van der Waals surface area contributed by atoms with Gasteiger partial charge in [0.1, 0.15) is 0 Å². The van der Waals surface area contributed by atoms with Gasteiger partial charge in [0.25, 0.3) is 0 Å². The number of aliphatic hydroxyl groups excluding tert-OH is 2. The van der Waals surface area contributed by atoms with E-state index in [1.165, 1.54) is 6.42 Å². The van der Waals surface area contributed by atoms with Crippen molar-refractivity contribution < 1.29 is 10.2 Å². The first-order chi connectivity index (χ1) is 4.71. The number of hydrogen-bond acceptors (Lipinski definition) is 2. The monoisotopic (exact) mass is 144 g/mol. The summed E-state index contributed by atoms with van der Waals surface area (Å²) in [6.45, 7) is 2.04. The molecule has 10 heavy (non-hydrogen) atoms. The van der Waals surface area contributed by atoms with E-state index in [-0.39, 0.29) is 18.1 Å². The molecule has 1 atom stereocenters. The molecule has 0 aromatic rings. The van der Waals surface area contributed by atoms with E-state index in [0.29, 0.717) is 0 Å². The Morgan fingerprint density at radius 2 is 2.10 bits per heavy atom. The van der Waals surface area contributed by atoms with Gasteiger partial charge in [-0.1, -0.05) is 6.42 Å². The fraction of sp³-hybridized carbons (Fsp3) is 1.00. The largest absolute Gasteiger partial charge is 0.396 e. The Balaban J connectivity index is 2.42. The van der Waals surface area contributed by atoms with Crippen LogP contribution in [0.5, 0.6) is 0 Å². The van der Waals surface area contributed by atoms with Crippen molar-refractivity contribution in [3.63, 3.8) is 0 Å². The van der Waals surface area contributed by atoms with Crippen LogP contribution in [0.3, 0.4) is 0 Å². The molecule has 1 aliphatic carbocycles. The third kappa shape index (κ3) is 1.18. The number of aliphatic hydroxyl groups is 2. The van der Waals surface area contributed by atoms with Crippen LogP contribution in [0, 0.1) is 5.41 Å². The zero-order valence-electron chi connectivity index (χ0n) is 6.51. The average Bonchev–Trinajstić information content (AvgIpc) is 1.77. The lowest BCUT2D eigenvalue weighted by atomic mass is 9.64. The molecule has 2 N–H and O–H groups in total. The molecule has 0 radical (unpaired) electrons. The molecule has 60 valence electrons. The van der Waals surface area contributed by atoms with Crippen LogP contribution in [-0.2, 0) is 0 Å². The predicted octanol–water partition coefficient (Wildman–Crippen LogP) is 0.920. The van der Waals surface area contributed by atoms with Gasteiger partial charge in [-0.15, -0.1) is 0 Å². The molecule has 1 fully saturated rings. The summed E-state index contributed by atoms with van der Waals surface area (Å²) in [6, 6.07) is 0.